The highest BCUT2D eigenvalue weighted by molar-refractivity contribution is 5.26. The van der Waals surface area contributed by atoms with Crippen molar-refractivity contribution < 1.29 is 17.9 Å². The van der Waals surface area contributed by atoms with Gasteiger partial charge < -0.3 is 10.1 Å². The Bertz CT molecular complexity index is 410. The second kappa shape index (κ2) is 6.59. The Morgan fingerprint density at radius 3 is 2.55 bits per heavy atom. The molecule has 20 heavy (non-hydrogen) atoms. The fraction of sp³-hybridized carbons (Fsp3) is 0.600. The van der Waals surface area contributed by atoms with Crippen LogP contribution < -0.4 is 5.32 Å². The first-order valence-corrected chi connectivity index (χ1v) is 6.99. The van der Waals surface area contributed by atoms with Gasteiger partial charge >= 0.3 is 6.18 Å². The summed E-state index contributed by atoms with van der Waals surface area (Å²) in [4.78, 5) is 0. The molecule has 5 heteroatoms. The number of alkyl halides is 3. The summed E-state index contributed by atoms with van der Waals surface area (Å²) >= 11 is 0. The molecule has 1 aromatic carbocycles. The molecule has 1 heterocycles. The van der Waals surface area contributed by atoms with Gasteiger partial charge in [0.25, 0.3) is 0 Å². The first-order chi connectivity index (χ1) is 9.47. The van der Waals surface area contributed by atoms with Crippen molar-refractivity contribution in [1.29, 1.82) is 0 Å². The van der Waals surface area contributed by atoms with E-state index in [-0.39, 0.29) is 6.04 Å². The van der Waals surface area contributed by atoms with E-state index in [1.807, 2.05) is 6.92 Å². The molecule has 112 valence electrons. The molecule has 0 aromatic heterocycles. The van der Waals surface area contributed by atoms with Gasteiger partial charge in [-0.15, -0.1) is 0 Å². The van der Waals surface area contributed by atoms with E-state index >= 15 is 0 Å². The zero-order valence-corrected chi connectivity index (χ0v) is 11.5. The molecular weight excluding hydrogens is 267 g/mol. The predicted molar refractivity (Wildman–Crippen MR) is 71.5 cm³/mol. The van der Waals surface area contributed by atoms with Gasteiger partial charge in [-0.2, -0.15) is 13.2 Å². The van der Waals surface area contributed by atoms with Crippen molar-refractivity contribution >= 4 is 0 Å². The highest BCUT2D eigenvalue weighted by Crippen LogP contribution is 2.29. The summed E-state index contributed by atoms with van der Waals surface area (Å²) in [5.41, 5.74) is 0.262. The molecular formula is C15H20F3NO. The van der Waals surface area contributed by atoms with Crippen LogP contribution in [0.5, 0.6) is 0 Å². The predicted octanol–water partition coefficient (Wildman–Crippen LogP) is 3.93. The Balaban J connectivity index is 1.81. The first kappa shape index (κ1) is 15.3. The van der Waals surface area contributed by atoms with Crippen LogP contribution in [0.3, 0.4) is 0 Å². The minimum absolute atomic E-state index is 0.0405. The van der Waals surface area contributed by atoms with E-state index in [1.54, 1.807) is 0 Å². The normalized spacial score (nSPS) is 21.1. The van der Waals surface area contributed by atoms with Gasteiger partial charge in [-0.25, -0.2) is 0 Å². The van der Waals surface area contributed by atoms with Gasteiger partial charge in [-0.05, 0) is 50.4 Å². The van der Waals surface area contributed by atoms with Crippen LogP contribution in [0.25, 0.3) is 0 Å². The van der Waals surface area contributed by atoms with Gasteiger partial charge in [0.1, 0.15) is 0 Å². The van der Waals surface area contributed by atoms with Crippen molar-refractivity contribution in [3.8, 4) is 0 Å². The molecule has 2 unspecified atom stereocenters. The molecule has 1 aliphatic rings. The number of rotatable bonds is 5. The van der Waals surface area contributed by atoms with Crippen LogP contribution in [0.2, 0.25) is 0 Å². The van der Waals surface area contributed by atoms with E-state index in [0.29, 0.717) is 6.10 Å². The molecule has 1 fully saturated rings. The summed E-state index contributed by atoms with van der Waals surface area (Å²) in [5, 5.41) is 3.32. The molecule has 1 aromatic rings. The van der Waals surface area contributed by atoms with E-state index in [2.05, 4.69) is 5.32 Å². The molecule has 2 atom stereocenters. The lowest BCUT2D eigenvalue weighted by atomic mass is 10.1. The fourth-order valence-electron chi connectivity index (χ4n) is 2.41. The number of halogens is 3. The Morgan fingerprint density at radius 1 is 1.30 bits per heavy atom. The number of nitrogens with one attached hydrogen (secondary N) is 1. The summed E-state index contributed by atoms with van der Waals surface area (Å²) in [7, 11) is 0. The van der Waals surface area contributed by atoms with Gasteiger partial charge in [0, 0.05) is 12.6 Å². The Kier molecular flexibility index (Phi) is 5.05. The number of ether oxygens (including phenoxy) is 1. The Labute approximate surface area is 117 Å². The number of hydrogen-bond acceptors (Lipinski definition) is 2. The van der Waals surface area contributed by atoms with Gasteiger partial charge in [0.2, 0.25) is 0 Å². The summed E-state index contributed by atoms with van der Waals surface area (Å²) in [5.74, 6) is 0. The lowest BCUT2D eigenvalue weighted by molar-refractivity contribution is -0.137. The highest BCUT2D eigenvalue weighted by atomic mass is 19.4. The van der Waals surface area contributed by atoms with E-state index in [1.165, 1.54) is 12.1 Å². The molecule has 2 nitrogen and oxygen atoms in total. The van der Waals surface area contributed by atoms with Crippen LogP contribution in [0.15, 0.2) is 24.3 Å². The summed E-state index contributed by atoms with van der Waals surface area (Å²) in [6.07, 6.45) is -0.752. The summed E-state index contributed by atoms with van der Waals surface area (Å²) < 4.78 is 42.9. The third kappa shape index (κ3) is 4.21. The fourth-order valence-corrected chi connectivity index (χ4v) is 2.41. The van der Waals surface area contributed by atoms with Crippen LogP contribution >= 0.6 is 0 Å². The zero-order chi connectivity index (χ0) is 14.6. The van der Waals surface area contributed by atoms with Crippen molar-refractivity contribution in [2.75, 3.05) is 13.2 Å². The lowest BCUT2D eigenvalue weighted by Gasteiger charge is -2.17. The zero-order valence-electron chi connectivity index (χ0n) is 11.5. The van der Waals surface area contributed by atoms with Crippen molar-refractivity contribution in [2.45, 2.75) is 44.5 Å². The monoisotopic (exact) mass is 287 g/mol. The molecule has 0 saturated carbocycles. The standard InChI is InChI=1S/C15H20F3NO/c1-11(19-9-8-14-3-2-10-20-14)12-4-6-13(7-5-12)15(16,17)18/h4-7,11,14,19H,2-3,8-10H2,1H3. The minimum atomic E-state index is -4.27. The SMILES string of the molecule is CC(NCCC1CCCO1)c1ccc(C(F)(F)F)cc1. The number of benzene rings is 1. The van der Waals surface area contributed by atoms with Crippen LogP contribution in [0.4, 0.5) is 13.2 Å². The number of hydrogen-bond donors (Lipinski definition) is 1. The van der Waals surface area contributed by atoms with Crippen LogP contribution in [-0.4, -0.2) is 19.3 Å². The largest absolute Gasteiger partial charge is 0.416 e. The molecule has 0 aliphatic carbocycles. The van der Waals surface area contributed by atoms with Crippen LogP contribution in [0, 0.1) is 0 Å². The first-order valence-electron chi connectivity index (χ1n) is 6.99. The lowest BCUT2D eigenvalue weighted by Crippen LogP contribution is -2.23. The Morgan fingerprint density at radius 2 is 2.00 bits per heavy atom. The van der Waals surface area contributed by atoms with E-state index in [4.69, 9.17) is 4.74 Å². The topological polar surface area (TPSA) is 21.3 Å². The third-order valence-electron chi connectivity index (χ3n) is 3.68. The second-order valence-corrected chi connectivity index (χ2v) is 5.22. The molecule has 2 rings (SSSR count). The smallest absolute Gasteiger partial charge is 0.378 e. The van der Waals surface area contributed by atoms with Gasteiger partial charge in [0.05, 0.1) is 11.7 Å². The molecule has 1 saturated heterocycles. The van der Waals surface area contributed by atoms with Crippen molar-refractivity contribution in [1.82, 2.24) is 5.32 Å². The minimum Gasteiger partial charge on any atom is -0.378 e. The van der Waals surface area contributed by atoms with Gasteiger partial charge in [-0.3, -0.25) is 0 Å². The third-order valence-corrected chi connectivity index (χ3v) is 3.68. The maximum Gasteiger partial charge on any atom is 0.416 e. The average Bonchev–Trinajstić information content (AvgIpc) is 2.91. The van der Waals surface area contributed by atoms with E-state index < -0.39 is 11.7 Å². The molecule has 0 radical (unpaired) electrons. The second-order valence-electron chi connectivity index (χ2n) is 5.22. The Hall–Kier alpha value is -1.07. The van der Waals surface area contributed by atoms with Gasteiger partial charge in [0.15, 0.2) is 0 Å². The van der Waals surface area contributed by atoms with E-state index in [9.17, 15) is 13.2 Å². The quantitative estimate of drug-likeness (QED) is 0.886. The molecule has 0 bridgehead atoms. The molecule has 1 aliphatic heterocycles. The van der Waals surface area contributed by atoms with Crippen LogP contribution in [-0.2, 0) is 10.9 Å². The van der Waals surface area contributed by atoms with Crippen molar-refractivity contribution in [3.05, 3.63) is 35.4 Å². The average molecular weight is 287 g/mol. The molecule has 0 amide bonds. The van der Waals surface area contributed by atoms with E-state index in [0.717, 1.165) is 50.1 Å². The van der Waals surface area contributed by atoms with Crippen molar-refractivity contribution in [2.24, 2.45) is 0 Å². The molecule has 1 N–H and O–H groups in total. The molecule has 0 spiro atoms. The van der Waals surface area contributed by atoms with Crippen LogP contribution in [0.1, 0.15) is 43.4 Å². The maximum atomic E-state index is 12.5. The van der Waals surface area contributed by atoms with Crippen molar-refractivity contribution in [3.63, 3.8) is 0 Å². The summed E-state index contributed by atoms with van der Waals surface area (Å²) in [6, 6.07) is 5.37. The maximum absolute atomic E-state index is 12.5. The van der Waals surface area contributed by atoms with Gasteiger partial charge in [-0.1, -0.05) is 12.1 Å². The highest BCUT2D eigenvalue weighted by Gasteiger charge is 2.30. The summed E-state index contributed by atoms with van der Waals surface area (Å²) in [6.45, 7) is 3.62.